The number of fused-ring (bicyclic) bond motifs is 4. The molecule has 0 spiro atoms. The van der Waals surface area contributed by atoms with E-state index in [9.17, 15) is 4.79 Å². The Kier molecular flexibility index (Phi) is 5.11. The van der Waals surface area contributed by atoms with Crippen molar-refractivity contribution in [2.75, 3.05) is 6.54 Å². The summed E-state index contributed by atoms with van der Waals surface area (Å²) >= 11 is 0. The summed E-state index contributed by atoms with van der Waals surface area (Å²) in [4.78, 5) is 16.8. The van der Waals surface area contributed by atoms with Gasteiger partial charge in [0.05, 0.1) is 29.6 Å². The molecule has 0 radical (unpaired) electrons. The van der Waals surface area contributed by atoms with Crippen molar-refractivity contribution in [3.63, 3.8) is 0 Å². The average molecular weight is 360 g/mol. The van der Waals surface area contributed by atoms with E-state index in [1.54, 1.807) is 0 Å². The number of cyclic esters (lactones) is 1. The topological polar surface area (TPSA) is 84.5 Å². The van der Waals surface area contributed by atoms with Gasteiger partial charge in [-0.25, -0.2) is 10.2 Å². The summed E-state index contributed by atoms with van der Waals surface area (Å²) in [5.41, 5.74) is 8.64. The van der Waals surface area contributed by atoms with Crippen LogP contribution < -0.4 is 16.2 Å². The molecule has 26 heavy (non-hydrogen) atoms. The number of nitrogens with zero attached hydrogens (tertiary/aromatic N) is 1. The summed E-state index contributed by atoms with van der Waals surface area (Å²) in [5.74, 6) is 0.449. The highest BCUT2D eigenvalue weighted by atomic mass is 16.6. The fourth-order valence-electron chi connectivity index (χ4n) is 4.34. The number of amides is 1. The van der Waals surface area contributed by atoms with Gasteiger partial charge in [0.15, 0.2) is 0 Å². The van der Waals surface area contributed by atoms with Crippen LogP contribution in [0.15, 0.2) is 18.2 Å². The molecule has 4 rings (SSSR count). The summed E-state index contributed by atoms with van der Waals surface area (Å²) < 4.78 is 11.7. The first-order chi connectivity index (χ1) is 12.6. The molecule has 1 aromatic heterocycles. The number of ether oxygens (including phenoxy) is 2. The number of alkyl carbamates (subject to hydrolysis) is 1. The van der Waals surface area contributed by atoms with Crippen molar-refractivity contribution in [2.24, 2.45) is 5.92 Å². The van der Waals surface area contributed by atoms with E-state index >= 15 is 0 Å². The Labute approximate surface area is 154 Å². The van der Waals surface area contributed by atoms with E-state index in [0.717, 1.165) is 37.1 Å². The lowest BCUT2D eigenvalue weighted by Crippen LogP contribution is -2.38. The highest BCUT2D eigenvalue weighted by Gasteiger charge is 2.42. The third kappa shape index (κ3) is 3.70. The maximum absolute atomic E-state index is 12.0. The molecule has 4 unspecified atom stereocenters. The van der Waals surface area contributed by atoms with Gasteiger partial charge in [0.1, 0.15) is 6.10 Å². The molecule has 4 bridgehead atoms. The lowest BCUT2D eigenvalue weighted by molar-refractivity contribution is -0.0381. The Balaban J connectivity index is 1.62. The van der Waals surface area contributed by atoms with Crippen LogP contribution in [0.25, 0.3) is 0 Å². The second-order valence-corrected chi connectivity index (χ2v) is 7.67. The Morgan fingerprint density at radius 3 is 2.85 bits per heavy atom. The van der Waals surface area contributed by atoms with Gasteiger partial charge in [-0.15, -0.1) is 0 Å². The summed E-state index contributed by atoms with van der Waals surface area (Å²) in [6.45, 7) is 4.48. The summed E-state index contributed by atoms with van der Waals surface area (Å²) in [5, 5.41) is 2.81. The number of hydrazine groups is 1. The molecule has 1 saturated heterocycles. The molecule has 6 atom stereocenters. The van der Waals surface area contributed by atoms with E-state index < -0.39 is 12.2 Å². The maximum atomic E-state index is 12.0. The number of rotatable bonds is 0. The van der Waals surface area contributed by atoms with Crippen molar-refractivity contribution < 1.29 is 14.3 Å². The standard InChI is InChI=1S/C19H28N4O3/c1-11-8-9-20-19(24)26-12(2)15-4-3-5-17(21-15)18-14-10-13(25-11)6-7-16(14)22-23-18/h3-5,11-14,16,18,22-23H,6-10H2,1-2H3,(H,20,24)/t11-,12+,13?,14?,16?,18?/m1/s1. The molecule has 7 nitrogen and oxygen atoms in total. The van der Waals surface area contributed by atoms with Crippen LogP contribution in [0.3, 0.4) is 0 Å². The summed E-state index contributed by atoms with van der Waals surface area (Å²) in [6.07, 6.45) is 3.52. The Morgan fingerprint density at radius 2 is 1.96 bits per heavy atom. The van der Waals surface area contributed by atoms with Crippen LogP contribution in [0.4, 0.5) is 4.79 Å². The van der Waals surface area contributed by atoms with Gasteiger partial charge in [-0.3, -0.25) is 10.4 Å². The van der Waals surface area contributed by atoms with Crippen molar-refractivity contribution in [3.05, 3.63) is 29.6 Å². The van der Waals surface area contributed by atoms with Crippen LogP contribution in [0.2, 0.25) is 0 Å². The lowest BCUT2D eigenvalue weighted by Gasteiger charge is -2.34. The molecule has 7 heteroatoms. The van der Waals surface area contributed by atoms with E-state index in [0.29, 0.717) is 18.5 Å². The zero-order chi connectivity index (χ0) is 18.1. The number of hydrogen-bond donors (Lipinski definition) is 3. The minimum absolute atomic E-state index is 0.111. The van der Waals surface area contributed by atoms with E-state index in [1.807, 2.05) is 25.1 Å². The molecule has 1 aliphatic carbocycles. The monoisotopic (exact) mass is 360 g/mol. The molecule has 3 N–H and O–H groups in total. The minimum atomic E-state index is -0.411. The molecule has 1 saturated carbocycles. The Bertz CT molecular complexity index is 655. The van der Waals surface area contributed by atoms with Crippen LogP contribution in [-0.2, 0) is 9.47 Å². The molecule has 2 aliphatic heterocycles. The Morgan fingerprint density at radius 1 is 1.12 bits per heavy atom. The second-order valence-electron chi connectivity index (χ2n) is 7.67. The minimum Gasteiger partial charge on any atom is -0.440 e. The molecule has 1 aromatic rings. The van der Waals surface area contributed by atoms with Crippen LogP contribution >= 0.6 is 0 Å². The molecule has 2 fully saturated rings. The number of pyridine rings is 1. The molecule has 1 amide bonds. The van der Waals surface area contributed by atoms with Crippen LogP contribution in [-0.4, -0.2) is 35.9 Å². The van der Waals surface area contributed by atoms with Crippen molar-refractivity contribution in [1.29, 1.82) is 0 Å². The van der Waals surface area contributed by atoms with Crippen LogP contribution in [0.5, 0.6) is 0 Å². The van der Waals surface area contributed by atoms with Gasteiger partial charge >= 0.3 is 6.09 Å². The Hall–Kier alpha value is -1.70. The number of hydrogen-bond acceptors (Lipinski definition) is 6. The molecular formula is C19H28N4O3. The van der Waals surface area contributed by atoms with Gasteiger partial charge < -0.3 is 14.8 Å². The first kappa shape index (κ1) is 17.7. The van der Waals surface area contributed by atoms with Gasteiger partial charge in [0, 0.05) is 18.5 Å². The second kappa shape index (κ2) is 7.50. The molecule has 3 aliphatic rings. The number of aromatic nitrogens is 1. The first-order valence-electron chi connectivity index (χ1n) is 9.68. The van der Waals surface area contributed by atoms with Gasteiger partial charge in [-0.1, -0.05) is 6.07 Å². The van der Waals surface area contributed by atoms with Crippen molar-refractivity contribution >= 4 is 6.09 Å². The average Bonchev–Trinajstić information content (AvgIpc) is 3.04. The zero-order valence-electron chi connectivity index (χ0n) is 15.4. The fraction of sp³-hybridized carbons (Fsp3) is 0.684. The first-order valence-corrected chi connectivity index (χ1v) is 9.68. The molecular weight excluding hydrogens is 332 g/mol. The van der Waals surface area contributed by atoms with Gasteiger partial charge in [0.25, 0.3) is 0 Å². The smallest absolute Gasteiger partial charge is 0.407 e. The number of nitrogens with one attached hydrogen (secondary N) is 3. The van der Waals surface area contributed by atoms with Crippen LogP contribution in [0, 0.1) is 5.92 Å². The van der Waals surface area contributed by atoms with E-state index in [-0.39, 0.29) is 18.2 Å². The molecule has 3 heterocycles. The number of carbonyl (C=O) groups excluding carboxylic acids is 1. The fourth-order valence-corrected chi connectivity index (χ4v) is 4.34. The highest BCUT2D eigenvalue weighted by Crippen LogP contribution is 2.39. The predicted octanol–water partition coefficient (Wildman–Crippen LogP) is 2.36. The summed E-state index contributed by atoms with van der Waals surface area (Å²) in [6, 6.07) is 6.54. The van der Waals surface area contributed by atoms with E-state index in [1.165, 1.54) is 0 Å². The molecule has 142 valence electrons. The van der Waals surface area contributed by atoms with Gasteiger partial charge in [0.2, 0.25) is 0 Å². The van der Waals surface area contributed by atoms with E-state index in [2.05, 4.69) is 23.1 Å². The van der Waals surface area contributed by atoms with Crippen molar-refractivity contribution in [3.8, 4) is 0 Å². The SMILES string of the molecule is C[C@@H]1CCNC(=O)O[C@@H](C)c2cccc(n2)C2NNC3CCC(CC32)O1. The normalized spacial score (nSPS) is 37.8. The predicted molar refractivity (Wildman–Crippen MR) is 96.2 cm³/mol. The van der Waals surface area contributed by atoms with Crippen molar-refractivity contribution in [1.82, 2.24) is 21.2 Å². The van der Waals surface area contributed by atoms with E-state index in [4.69, 9.17) is 14.5 Å². The third-order valence-electron chi connectivity index (χ3n) is 5.76. The van der Waals surface area contributed by atoms with Crippen LogP contribution in [0.1, 0.15) is 63.1 Å². The van der Waals surface area contributed by atoms with Gasteiger partial charge in [-0.2, -0.15) is 0 Å². The zero-order valence-corrected chi connectivity index (χ0v) is 15.4. The van der Waals surface area contributed by atoms with Crippen molar-refractivity contribution in [2.45, 2.75) is 69.9 Å². The third-order valence-corrected chi connectivity index (χ3v) is 5.76. The van der Waals surface area contributed by atoms with Gasteiger partial charge in [-0.05, 0) is 51.7 Å². The lowest BCUT2D eigenvalue weighted by atomic mass is 9.79. The highest BCUT2D eigenvalue weighted by molar-refractivity contribution is 5.67. The number of carbonyl (C=O) groups is 1. The summed E-state index contributed by atoms with van der Waals surface area (Å²) in [7, 11) is 0. The molecule has 0 aromatic carbocycles. The largest absolute Gasteiger partial charge is 0.440 e. The quantitative estimate of drug-likeness (QED) is 0.659. The maximum Gasteiger partial charge on any atom is 0.407 e.